The van der Waals surface area contributed by atoms with Gasteiger partial charge < -0.3 is 9.97 Å². The van der Waals surface area contributed by atoms with Gasteiger partial charge in [0.05, 0.1) is 5.60 Å². The summed E-state index contributed by atoms with van der Waals surface area (Å²) >= 11 is 0. The molecule has 0 saturated carbocycles. The van der Waals surface area contributed by atoms with E-state index in [1.807, 2.05) is 26.1 Å². The van der Waals surface area contributed by atoms with Gasteiger partial charge in [-0.05, 0) is 43.6 Å². The number of hydrogen-bond donors (Lipinski definition) is 1. The Bertz CT molecular complexity index is 442. The van der Waals surface area contributed by atoms with Crippen molar-refractivity contribution in [3.8, 4) is 0 Å². The summed E-state index contributed by atoms with van der Waals surface area (Å²) < 4.78 is 6.26. The first-order valence-corrected chi connectivity index (χ1v) is 7.21. The van der Waals surface area contributed by atoms with E-state index in [9.17, 15) is 0 Å². The molecule has 2 nitrogen and oxygen atoms in total. The zero-order valence-corrected chi connectivity index (χ0v) is 13.8. The maximum Gasteiger partial charge on any atom is 0.327 e. The van der Waals surface area contributed by atoms with Gasteiger partial charge in [-0.15, -0.1) is 0 Å². The number of nitrogens with one attached hydrogen (secondary N) is 1. The van der Waals surface area contributed by atoms with Crippen LogP contribution in [0.1, 0.15) is 34.6 Å². The monoisotopic (exact) mass is 273 g/mol. The molecule has 0 unspecified atom stereocenters. The van der Waals surface area contributed by atoms with Crippen molar-refractivity contribution in [1.29, 1.82) is 0 Å². The Kier molecular flexibility index (Phi) is 5.09. The minimum absolute atomic E-state index is 0.0945. The van der Waals surface area contributed by atoms with E-state index in [0.717, 1.165) is 23.1 Å². The topological polar surface area (TPSA) is 21.3 Å². The van der Waals surface area contributed by atoms with Crippen LogP contribution >= 0.6 is 0 Å². The lowest BCUT2D eigenvalue weighted by atomic mass is 9.53. The molecule has 1 fully saturated rings. The van der Waals surface area contributed by atoms with Crippen LogP contribution in [0.4, 0.5) is 0 Å². The third-order valence-electron chi connectivity index (χ3n) is 4.72. The summed E-state index contributed by atoms with van der Waals surface area (Å²) in [7, 11) is 1.92. The van der Waals surface area contributed by atoms with Gasteiger partial charge in [-0.1, -0.05) is 45.2 Å². The van der Waals surface area contributed by atoms with Crippen LogP contribution in [-0.2, 0) is 4.65 Å². The molecule has 0 amide bonds. The molecule has 20 heavy (non-hydrogen) atoms. The SMILES string of the molecule is C=C/C(=C\C(C=C)=C(/C)NC)B1CC(C)(C)C(C)(C)O1. The first-order chi connectivity index (χ1) is 9.18. The first kappa shape index (κ1) is 16.8. The highest BCUT2D eigenvalue weighted by atomic mass is 16.5. The van der Waals surface area contributed by atoms with Crippen molar-refractivity contribution in [2.75, 3.05) is 7.05 Å². The van der Waals surface area contributed by atoms with Crippen LogP contribution in [0.25, 0.3) is 0 Å². The molecule has 0 aliphatic carbocycles. The van der Waals surface area contributed by atoms with E-state index in [0.29, 0.717) is 0 Å². The maximum absolute atomic E-state index is 6.26. The second-order valence-electron chi connectivity index (χ2n) is 6.59. The van der Waals surface area contributed by atoms with Crippen LogP contribution in [-0.4, -0.2) is 19.6 Å². The summed E-state index contributed by atoms with van der Waals surface area (Å²) in [6.45, 7) is 18.8. The second-order valence-corrected chi connectivity index (χ2v) is 6.59. The standard InChI is InChI=1S/C17H28BNO/c1-9-14(13(3)19-8)11-15(10-2)18-12-16(4,5)17(6,7)20-18/h9-11,19H,1-2,12H2,3-8H3/b14-13+,15-11+. The lowest BCUT2D eigenvalue weighted by Gasteiger charge is -2.34. The molecule has 0 aromatic rings. The summed E-state index contributed by atoms with van der Waals surface area (Å²) in [6.07, 6.45) is 6.88. The van der Waals surface area contributed by atoms with E-state index in [1.54, 1.807) is 0 Å². The summed E-state index contributed by atoms with van der Waals surface area (Å²) in [5, 5.41) is 3.16. The van der Waals surface area contributed by atoms with Gasteiger partial charge in [-0.3, -0.25) is 0 Å². The molecular formula is C17H28BNO. The quantitative estimate of drug-likeness (QED) is 0.600. The Morgan fingerprint density at radius 3 is 2.15 bits per heavy atom. The Hall–Kier alpha value is -1.22. The Balaban J connectivity index is 3.11. The van der Waals surface area contributed by atoms with Crippen molar-refractivity contribution in [1.82, 2.24) is 5.32 Å². The van der Waals surface area contributed by atoms with E-state index >= 15 is 0 Å². The molecule has 1 saturated heterocycles. The van der Waals surface area contributed by atoms with Gasteiger partial charge in [0.2, 0.25) is 0 Å². The molecule has 0 atom stereocenters. The number of allylic oxidation sites excluding steroid dienone is 6. The van der Waals surface area contributed by atoms with Gasteiger partial charge in [-0.2, -0.15) is 0 Å². The molecule has 1 heterocycles. The van der Waals surface area contributed by atoms with E-state index in [2.05, 4.69) is 52.2 Å². The molecule has 1 aliphatic heterocycles. The summed E-state index contributed by atoms with van der Waals surface area (Å²) in [5.41, 5.74) is 3.31. The van der Waals surface area contributed by atoms with Gasteiger partial charge in [0.25, 0.3) is 0 Å². The first-order valence-electron chi connectivity index (χ1n) is 7.21. The molecule has 1 aliphatic rings. The smallest absolute Gasteiger partial charge is 0.327 e. The fourth-order valence-electron chi connectivity index (χ4n) is 2.38. The number of rotatable bonds is 5. The van der Waals surface area contributed by atoms with Gasteiger partial charge >= 0.3 is 6.92 Å². The molecule has 3 heteroatoms. The summed E-state index contributed by atoms with van der Waals surface area (Å²) in [5.74, 6) is 0. The van der Waals surface area contributed by atoms with Crippen molar-refractivity contribution in [3.05, 3.63) is 48.1 Å². The van der Waals surface area contributed by atoms with Crippen molar-refractivity contribution in [2.24, 2.45) is 5.41 Å². The van der Waals surface area contributed by atoms with Crippen LogP contribution in [0.5, 0.6) is 0 Å². The Morgan fingerprint density at radius 1 is 1.20 bits per heavy atom. The molecule has 0 radical (unpaired) electrons. The zero-order chi connectivity index (χ0) is 15.6. The van der Waals surface area contributed by atoms with E-state index < -0.39 is 0 Å². The highest BCUT2D eigenvalue weighted by molar-refractivity contribution is 6.62. The van der Waals surface area contributed by atoms with Crippen LogP contribution in [0, 0.1) is 5.41 Å². The molecular weight excluding hydrogens is 245 g/mol. The highest BCUT2D eigenvalue weighted by Gasteiger charge is 2.49. The van der Waals surface area contributed by atoms with Gasteiger partial charge in [0.1, 0.15) is 0 Å². The lowest BCUT2D eigenvalue weighted by Crippen LogP contribution is -2.34. The fourth-order valence-corrected chi connectivity index (χ4v) is 2.38. The minimum Gasteiger partial charge on any atom is -0.426 e. The van der Waals surface area contributed by atoms with Gasteiger partial charge in [-0.25, -0.2) is 0 Å². The third-order valence-corrected chi connectivity index (χ3v) is 4.72. The van der Waals surface area contributed by atoms with Crippen LogP contribution in [0.15, 0.2) is 48.1 Å². The molecule has 110 valence electrons. The predicted molar refractivity (Wildman–Crippen MR) is 89.7 cm³/mol. The van der Waals surface area contributed by atoms with E-state index in [4.69, 9.17) is 4.65 Å². The lowest BCUT2D eigenvalue weighted by molar-refractivity contribution is 0.0371. The van der Waals surface area contributed by atoms with Gasteiger partial charge in [0.15, 0.2) is 0 Å². The third kappa shape index (κ3) is 3.27. The van der Waals surface area contributed by atoms with Gasteiger partial charge in [0, 0.05) is 12.7 Å². The van der Waals surface area contributed by atoms with Crippen molar-refractivity contribution in [2.45, 2.75) is 46.5 Å². The Labute approximate surface area is 124 Å². The van der Waals surface area contributed by atoms with Crippen LogP contribution in [0.2, 0.25) is 6.32 Å². The zero-order valence-electron chi connectivity index (χ0n) is 13.8. The molecule has 0 aromatic carbocycles. The molecule has 0 aromatic heterocycles. The largest absolute Gasteiger partial charge is 0.426 e. The molecule has 0 spiro atoms. The summed E-state index contributed by atoms with van der Waals surface area (Å²) in [6, 6.07) is 0. The average molecular weight is 273 g/mol. The highest BCUT2D eigenvalue weighted by Crippen LogP contribution is 2.46. The van der Waals surface area contributed by atoms with Crippen LogP contribution < -0.4 is 5.32 Å². The van der Waals surface area contributed by atoms with E-state index in [1.165, 1.54) is 0 Å². The number of hydrogen-bond acceptors (Lipinski definition) is 2. The maximum atomic E-state index is 6.26. The van der Waals surface area contributed by atoms with Crippen LogP contribution in [0.3, 0.4) is 0 Å². The Morgan fingerprint density at radius 2 is 1.80 bits per heavy atom. The van der Waals surface area contributed by atoms with E-state index in [-0.39, 0.29) is 17.9 Å². The molecule has 0 bridgehead atoms. The van der Waals surface area contributed by atoms with Crippen molar-refractivity contribution < 1.29 is 4.65 Å². The summed E-state index contributed by atoms with van der Waals surface area (Å²) in [4.78, 5) is 0. The average Bonchev–Trinajstić information content (AvgIpc) is 2.59. The van der Waals surface area contributed by atoms with Crippen molar-refractivity contribution >= 4 is 6.92 Å². The second kappa shape index (κ2) is 6.05. The van der Waals surface area contributed by atoms with Crippen molar-refractivity contribution in [3.63, 3.8) is 0 Å². The fraction of sp³-hybridized carbons (Fsp3) is 0.529. The minimum atomic E-state index is -0.129. The molecule has 1 N–H and O–H groups in total. The predicted octanol–water partition coefficient (Wildman–Crippen LogP) is 4.14. The molecule has 1 rings (SSSR count). The normalized spacial score (nSPS) is 22.3.